The number of unbranched alkanes of at least 4 members (excludes halogenated alkanes) is 18. The second-order valence-electron chi connectivity index (χ2n) is 8.53. The fraction of sp³-hybridized carbons (Fsp3) is 1.00. The molecule has 0 saturated carbocycles. The van der Waals surface area contributed by atoms with E-state index in [0.717, 1.165) is 0 Å². The van der Waals surface area contributed by atoms with Crippen molar-refractivity contribution in [3.05, 3.63) is 0 Å². The Kier molecular flexibility index (Phi) is 16.0. The highest BCUT2D eigenvalue weighted by molar-refractivity contribution is 4.79. The lowest BCUT2D eigenvalue weighted by Gasteiger charge is -2.04. The molecule has 1 heteroatoms. The van der Waals surface area contributed by atoms with Crippen molar-refractivity contribution in [3.63, 3.8) is 0 Å². The summed E-state index contributed by atoms with van der Waals surface area (Å²) in [7, 11) is 0. The van der Waals surface area contributed by atoms with Crippen molar-refractivity contribution in [3.8, 4) is 0 Å². The summed E-state index contributed by atoms with van der Waals surface area (Å²) in [4.78, 5) is 0. The monoisotopic (exact) mass is 352 g/mol. The minimum Gasteiger partial charge on any atom is -0.370 e. The molecule has 0 N–H and O–H groups in total. The lowest BCUT2D eigenvalue weighted by atomic mass is 10.0. The maximum Gasteiger partial charge on any atom is 0.0839 e. The zero-order chi connectivity index (χ0) is 18.0. The van der Waals surface area contributed by atoms with E-state index in [-0.39, 0.29) is 0 Å². The van der Waals surface area contributed by atoms with Crippen LogP contribution < -0.4 is 0 Å². The van der Waals surface area contributed by atoms with Crippen LogP contribution in [-0.4, -0.2) is 12.2 Å². The van der Waals surface area contributed by atoms with Gasteiger partial charge in [-0.3, -0.25) is 0 Å². The molecule has 2 unspecified atom stereocenters. The van der Waals surface area contributed by atoms with E-state index in [1.807, 2.05) is 0 Å². The van der Waals surface area contributed by atoms with Crippen molar-refractivity contribution in [2.24, 2.45) is 0 Å². The van der Waals surface area contributed by atoms with Crippen molar-refractivity contribution < 1.29 is 4.74 Å². The first-order chi connectivity index (χ1) is 12.3. The minimum absolute atomic E-state index is 0.565. The lowest BCUT2D eigenvalue weighted by Crippen LogP contribution is -1.89. The summed E-state index contributed by atoms with van der Waals surface area (Å²) >= 11 is 0. The van der Waals surface area contributed by atoms with Gasteiger partial charge in [0.1, 0.15) is 0 Å². The van der Waals surface area contributed by atoms with Gasteiger partial charge < -0.3 is 4.74 Å². The highest BCUT2D eigenvalue weighted by atomic mass is 16.6. The molecule has 1 saturated heterocycles. The third-order valence-corrected chi connectivity index (χ3v) is 5.93. The third-order valence-electron chi connectivity index (χ3n) is 5.93. The smallest absolute Gasteiger partial charge is 0.0839 e. The summed E-state index contributed by atoms with van der Waals surface area (Å²) in [6.45, 7) is 4.49. The first-order valence-electron chi connectivity index (χ1n) is 12.0. The summed E-state index contributed by atoms with van der Waals surface area (Å²) in [6.07, 6.45) is 30.2. The number of hydrogen-bond acceptors (Lipinski definition) is 1. The summed E-state index contributed by atoms with van der Waals surface area (Å²) in [5.74, 6) is 0. The zero-order valence-corrected chi connectivity index (χ0v) is 17.7. The Morgan fingerprint density at radius 2 is 0.760 bits per heavy atom. The Morgan fingerprint density at radius 1 is 0.480 bits per heavy atom. The molecule has 1 aliphatic rings. The Morgan fingerprint density at radius 3 is 1.04 bits per heavy atom. The minimum atomic E-state index is 0.565. The Bertz CT molecular complexity index is 263. The van der Waals surface area contributed by atoms with Gasteiger partial charge >= 0.3 is 0 Å². The maximum absolute atomic E-state index is 5.45. The number of ether oxygens (including phenoxy) is 1. The summed E-state index contributed by atoms with van der Waals surface area (Å²) in [6, 6.07) is 0. The van der Waals surface area contributed by atoms with E-state index in [4.69, 9.17) is 4.74 Å². The van der Waals surface area contributed by atoms with Crippen molar-refractivity contribution in [1.82, 2.24) is 0 Å². The topological polar surface area (TPSA) is 12.5 Å². The van der Waals surface area contributed by atoms with Gasteiger partial charge in [-0.25, -0.2) is 0 Å². The molecular formula is C24H48O. The van der Waals surface area contributed by atoms with Crippen molar-refractivity contribution in [2.75, 3.05) is 0 Å². The molecule has 0 aromatic carbocycles. The molecule has 1 heterocycles. The van der Waals surface area contributed by atoms with Gasteiger partial charge in [-0.1, -0.05) is 129 Å². The molecule has 1 rings (SSSR count). The van der Waals surface area contributed by atoms with Crippen LogP contribution in [0.1, 0.15) is 142 Å². The first kappa shape index (κ1) is 23.0. The third kappa shape index (κ3) is 15.9. The molecule has 25 heavy (non-hydrogen) atoms. The van der Waals surface area contributed by atoms with Gasteiger partial charge in [0, 0.05) is 0 Å². The highest BCUT2D eigenvalue weighted by Crippen LogP contribution is 2.26. The van der Waals surface area contributed by atoms with Gasteiger partial charge in [0.05, 0.1) is 12.2 Å². The van der Waals surface area contributed by atoms with E-state index in [2.05, 4.69) is 13.8 Å². The SMILES string of the molecule is CCCCCCCCCCCCCCCCCCCCCC1OC1C. The lowest BCUT2D eigenvalue weighted by molar-refractivity contribution is 0.364. The van der Waals surface area contributed by atoms with E-state index in [9.17, 15) is 0 Å². The average Bonchev–Trinajstić information content (AvgIpc) is 3.32. The quantitative estimate of drug-likeness (QED) is 0.158. The molecule has 0 radical (unpaired) electrons. The number of rotatable bonds is 20. The van der Waals surface area contributed by atoms with E-state index in [0.29, 0.717) is 12.2 Å². The van der Waals surface area contributed by atoms with Gasteiger partial charge in [-0.05, 0) is 13.3 Å². The van der Waals surface area contributed by atoms with Crippen LogP contribution >= 0.6 is 0 Å². The Balaban J connectivity index is 1.60. The van der Waals surface area contributed by atoms with Gasteiger partial charge in [-0.2, -0.15) is 0 Å². The fourth-order valence-electron chi connectivity index (χ4n) is 3.96. The molecule has 0 aromatic rings. The fourth-order valence-corrected chi connectivity index (χ4v) is 3.96. The molecule has 1 nitrogen and oxygen atoms in total. The number of epoxide rings is 1. The van der Waals surface area contributed by atoms with Gasteiger partial charge in [-0.15, -0.1) is 0 Å². The molecule has 1 aliphatic heterocycles. The van der Waals surface area contributed by atoms with Crippen LogP contribution in [0, 0.1) is 0 Å². The van der Waals surface area contributed by atoms with Crippen molar-refractivity contribution in [1.29, 1.82) is 0 Å². The predicted octanol–water partition coefficient (Wildman–Crippen LogP) is 8.60. The highest BCUT2D eigenvalue weighted by Gasteiger charge is 2.32. The summed E-state index contributed by atoms with van der Waals surface area (Å²) in [5.41, 5.74) is 0. The first-order valence-corrected chi connectivity index (χ1v) is 12.0. The van der Waals surface area contributed by atoms with E-state index < -0.39 is 0 Å². The number of hydrogen-bond donors (Lipinski definition) is 0. The Hall–Kier alpha value is -0.0400. The summed E-state index contributed by atoms with van der Waals surface area (Å²) in [5, 5.41) is 0. The average molecular weight is 353 g/mol. The molecule has 1 fully saturated rings. The van der Waals surface area contributed by atoms with Gasteiger partial charge in [0.25, 0.3) is 0 Å². The molecule has 0 spiro atoms. The zero-order valence-electron chi connectivity index (χ0n) is 17.7. The Labute approximate surface area is 159 Å². The van der Waals surface area contributed by atoms with Gasteiger partial charge in [0.15, 0.2) is 0 Å². The second-order valence-corrected chi connectivity index (χ2v) is 8.53. The molecule has 0 amide bonds. The van der Waals surface area contributed by atoms with E-state index >= 15 is 0 Å². The molecular weight excluding hydrogens is 304 g/mol. The van der Waals surface area contributed by atoms with Crippen LogP contribution in [0.5, 0.6) is 0 Å². The van der Waals surface area contributed by atoms with Gasteiger partial charge in [0.2, 0.25) is 0 Å². The van der Waals surface area contributed by atoms with E-state index in [1.165, 1.54) is 128 Å². The van der Waals surface area contributed by atoms with Crippen molar-refractivity contribution >= 4 is 0 Å². The standard InChI is InChI=1S/C24H48O/c1-3-4-5-6-7-8-9-10-11-12-13-14-15-16-17-18-19-20-21-22-24-23(2)25-24/h23-24H,3-22H2,1-2H3. The van der Waals surface area contributed by atoms with Crippen molar-refractivity contribution in [2.45, 2.75) is 154 Å². The van der Waals surface area contributed by atoms with Crippen LogP contribution in [0.4, 0.5) is 0 Å². The van der Waals surface area contributed by atoms with Crippen LogP contribution in [-0.2, 0) is 4.74 Å². The van der Waals surface area contributed by atoms with E-state index in [1.54, 1.807) is 0 Å². The molecule has 0 aliphatic carbocycles. The maximum atomic E-state index is 5.45. The molecule has 2 atom stereocenters. The predicted molar refractivity (Wildman–Crippen MR) is 112 cm³/mol. The van der Waals surface area contributed by atoms with Crippen LogP contribution in [0.3, 0.4) is 0 Å². The largest absolute Gasteiger partial charge is 0.370 e. The van der Waals surface area contributed by atoms with Crippen LogP contribution in [0.15, 0.2) is 0 Å². The molecule has 0 aromatic heterocycles. The summed E-state index contributed by atoms with van der Waals surface area (Å²) < 4.78 is 5.45. The van der Waals surface area contributed by atoms with Crippen LogP contribution in [0.25, 0.3) is 0 Å². The normalized spacial score (nSPS) is 19.4. The second kappa shape index (κ2) is 17.4. The van der Waals surface area contributed by atoms with Crippen LogP contribution in [0.2, 0.25) is 0 Å². The molecule has 150 valence electrons. The molecule has 0 bridgehead atoms.